The predicted octanol–water partition coefficient (Wildman–Crippen LogP) is 8.21. The first-order chi connectivity index (χ1) is 19.8. The van der Waals surface area contributed by atoms with E-state index >= 15 is 0 Å². The second-order valence-corrected chi connectivity index (χ2v) is 9.89. The Hall–Kier alpha value is -5.73. The average molecular weight is 512 g/mol. The Bertz CT molecular complexity index is 2250. The van der Waals surface area contributed by atoms with Crippen LogP contribution < -0.4 is 0 Å². The molecule has 0 aliphatic carbocycles. The first kappa shape index (κ1) is 22.3. The molecule has 5 aromatic carbocycles. The number of hydrogen-bond donors (Lipinski definition) is 0. The number of benzene rings is 5. The zero-order chi connectivity index (χ0) is 26.6. The van der Waals surface area contributed by atoms with Crippen LogP contribution in [-0.4, -0.2) is 19.1 Å². The van der Waals surface area contributed by atoms with Crippen molar-refractivity contribution < 1.29 is 0 Å². The lowest BCUT2D eigenvalue weighted by Gasteiger charge is -2.08. The highest BCUT2D eigenvalue weighted by Gasteiger charge is 2.19. The van der Waals surface area contributed by atoms with E-state index in [1.54, 1.807) is 0 Å². The van der Waals surface area contributed by atoms with Crippen LogP contribution in [0.1, 0.15) is 5.56 Å². The van der Waals surface area contributed by atoms with Crippen LogP contribution in [0.5, 0.6) is 0 Å². The third-order valence-corrected chi connectivity index (χ3v) is 7.67. The van der Waals surface area contributed by atoms with Crippen molar-refractivity contribution in [2.45, 2.75) is 0 Å². The normalized spacial score (nSPS) is 11.5. The highest BCUT2D eigenvalue weighted by Crippen LogP contribution is 2.39. The van der Waals surface area contributed by atoms with Crippen LogP contribution >= 0.6 is 0 Å². The molecule has 0 radical (unpaired) electrons. The summed E-state index contributed by atoms with van der Waals surface area (Å²) in [7, 11) is 0. The molecule has 0 N–H and O–H groups in total. The minimum Gasteiger partial charge on any atom is -0.309 e. The molecule has 0 saturated heterocycles. The van der Waals surface area contributed by atoms with Gasteiger partial charge in [0.25, 0.3) is 0 Å². The number of nitrogens with zero attached hydrogens (tertiary/aromatic N) is 5. The zero-order valence-electron chi connectivity index (χ0n) is 21.4. The van der Waals surface area contributed by atoms with Gasteiger partial charge >= 0.3 is 0 Å². The Kier molecular flexibility index (Phi) is 4.82. The van der Waals surface area contributed by atoms with E-state index in [1.807, 2.05) is 36.7 Å². The van der Waals surface area contributed by atoms with Gasteiger partial charge in [0.15, 0.2) is 0 Å². The van der Waals surface area contributed by atoms with Crippen molar-refractivity contribution in [3.63, 3.8) is 0 Å². The van der Waals surface area contributed by atoms with E-state index in [1.165, 1.54) is 21.8 Å². The molecule has 8 rings (SSSR count). The van der Waals surface area contributed by atoms with Gasteiger partial charge in [-0.05, 0) is 54.1 Å². The highest BCUT2D eigenvalue weighted by molar-refractivity contribution is 6.18. The van der Waals surface area contributed by atoms with Gasteiger partial charge in [-0.15, -0.1) is 0 Å². The van der Waals surface area contributed by atoms with Gasteiger partial charge in [-0.2, -0.15) is 5.26 Å². The minimum atomic E-state index is 0.620. The molecular formula is C35H21N5. The lowest BCUT2D eigenvalue weighted by Crippen LogP contribution is -2.00. The van der Waals surface area contributed by atoms with E-state index in [2.05, 4.69) is 106 Å². The molecule has 0 aliphatic rings. The van der Waals surface area contributed by atoms with Gasteiger partial charge in [0.1, 0.15) is 0 Å². The van der Waals surface area contributed by atoms with Crippen molar-refractivity contribution in [1.82, 2.24) is 19.1 Å². The summed E-state index contributed by atoms with van der Waals surface area (Å²) in [5, 5.41) is 13.8. The molecule has 186 valence electrons. The summed E-state index contributed by atoms with van der Waals surface area (Å²) >= 11 is 0. The Morgan fingerprint density at radius 2 is 1.05 bits per heavy atom. The van der Waals surface area contributed by atoms with Crippen molar-refractivity contribution >= 4 is 43.6 Å². The van der Waals surface area contributed by atoms with E-state index in [-0.39, 0.29) is 0 Å². The molecule has 8 aromatic rings. The maximum atomic E-state index is 9.12. The van der Waals surface area contributed by atoms with Crippen LogP contribution in [0.2, 0.25) is 0 Å². The van der Waals surface area contributed by atoms with E-state index in [0.717, 1.165) is 38.6 Å². The van der Waals surface area contributed by atoms with Crippen LogP contribution in [-0.2, 0) is 0 Å². The van der Waals surface area contributed by atoms with Crippen molar-refractivity contribution in [2.75, 3.05) is 0 Å². The van der Waals surface area contributed by atoms with Gasteiger partial charge in [0.2, 0.25) is 5.95 Å². The molecule has 0 aliphatic heterocycles. The SMILES string of the molecule is N#Cc1ccc(-c2cnc(-n3c4ccccc4c4cc5c(cc43)c3ccccc3n5-c3ccccc3)nc2)cc1. The number of aromatic nitrogens is 4. The molecule has 3 aromatic heterocycles. The lowest BCUT2D eigenvalue weighted by molar-refractivity contribution is 0.990. The summed E-state index contributed by atoms with van der Waals surface area (Å²) < 4.78 is 4.50. The van der Waals surface area contributed by atoms with Crippen molar-refractivity contribution in [3.05, 3.63) is 133 Å². The summed E-state index contributed by atoms with van der Waals surface area (Å²) in [5.41, 5.74) is 8.12. The Labute approximate surface area is 229 Å². The van der Waals surface area contributed by atoms with E-state index in [0.29, 0.717) is 11.5 Å². The van der Waals surface area contributed by atoms with Gasteiger partial charge < -0.3 is 4.57 Å². The monoisotopic (exact) mass is 511 g/mol. The molecule has 0 atom stereocenters. The van der Waals surface area contributed by atoms with Crippen LogP contribution in [0.15, 0.2) is 128 Å². The summed E-state index contributed by atoms with van der Waals surface area (Å²) in [4.78, 5) is 9.63. The summed E-state index contributed by atoms with van der Waals surface area (Å²) in [6, 6.07) is 41.8. The second kappa shape index (κ2) is 8.65. The average Bonchev–Trinajstić information content (AvgIpc) is 3.53. The fourth-order valence-electron chi connectivity index (χ4n) is 5.82. The summed E-state index contributed by atoms with van der Waals surface area (Å²) in [5.74, 6) is 0.620. The van der Waals surface area contributed by atoms with Crippen molar-refractivity contribution in [3.8, 4) is 28.8 Å². The van der Waals surface area contributed by atoms with E-state index < -0.39 is 0 Å². The van der Waals surface area contributed by atoms with Crippen LogP contribution in [0, 0.1) is 11.3 Å². The number of rotatable bonds is 3. The van der Waals surface area contributed by atoms with Crippen LogP contribution in [0.25, 0.3) is 66.4 Å². The number of hydrogen-bond acceptors (Lipinski definition) is 3. The van der Waals surface area contributed by atoms with Gasteiger partial charge in [-0.25, -0.2) is 9.97 Å². The fraction of sp³-hybridized carbons (Fsp3) is 0. The van der Waals surface area contributed by atoms with Gasteiger partial charge in [0.05, 0.1) is 33.7 Å². The van der Waals surface area contributed by atoms with Gasteiger partial charge in [0, 0.05) is 45.2 Å². The highest BCUT2D eigenvalue weighted by atomic mass is 15.1. The standard InChI is InChI=1S/C35H21N5/c36-20-23-14-16-24(17-15-23)25-21-37-35(38-22-25)40-32-13-7-5-11-28(32)30-18-33-29(19-34(30)40)27-10-4-6-12-31(27)39(33)26-8-2-1-3-9-26/h1-19,21-22H. The van der Waals surface area contributed by atoms with E-state index in [4.69, 9.17) is 15.2 Å². The quantitative estimate of drug-likeness (QED) is 0.240. The third kappa shape index (κ3) is 3.27. The van der Waals surface area contributed by atoms with Gasteiger partial charge in [-0.1, -0.05) is 66.7 Å². The molecule has 3 heterocycles. The molecule has 5 nitrogen and oxygen atoms in total. The Morgan fingerprint density at radius 3 is 1.68 bits per heavy atom. The lowest BCUT2D eigenvalue weighted by atomic mass is 10.1. The van der Waals surface area contributed by atoms with Crippen LogP contribution in [0.3, 0.4) is 0 Å². The second-order valence-electron chi connectivity index (χ2n) is 9.89. The maximum Gasteiger partial charge on any atom is 0.234 e. The summed E-state index contributed by atoms with van der Waals surface area (Å²) in [6.07, 6.45) is 3.70. The topological polar surface area (TPSA) is 59.4 Å². The van der Waals surface area contributed by atoms with Crippen molar-refractivity contribution in [1.29, 1.82) is 5.26 Å². The first-order valence-corrected chi connectivity index (χ1v) is 13.1. The first-order valence-electron chi connectivity index (χ1n) is 13.1. The molecule has 40 heavy (non-hydrogen) atoms. The fourth-order valence-corrected chi connectivity index (χ4v) is 5.82. The maximum absolute atomic E-state index is 9.12. The summed E-state index contributed by atoms with van der Waals surface area (Å²) in [6.45, 7) is 0. The third-order valence-electron chi connectivity index (χ3n) is 7.67. The molecule has 0 saturated carbocycles. The minimum absolute atomic E-state index is 0.620. The smallest absolute Gasteiger partial charge is 0.234 e. The molecular weight excluding hydrogens is 490 g/mol. The van der Waals surface area contributed by atoms with E-state index in [9.17, 15) is 0 Å². The molecule has 0 amide bonds. The molecule has 0 bridgehead atoms. The van der Waals surface area contributed by atoms with Crippen LogP contribution in [0.4, 0.5) is 0 Å². The number of para-hydroxylation sites is 3. The van der Waals surface area contributed by atoms with Crippen molar-refractivity contribution in [2.24, 2.45) is 0 Å². The van der Waals surface area contributed by atoms with Gasteiger partial charge in [-0.3, -0.25) is 4.57 Å². The number of nitriles is 1. The molecule has 0 unspecified atom stereocenters. The number of fused-ring (bicyclic) bond motifs is 6. The Morgan fingerprint density at radius 1 is 0.500 bits per heavy atom. The Balaban J connectivity index is 1.39. The largest absolute Gasteiger partial charge is 0.309 e. The zero-order valence-corrected chi connectivity index (χ0v) is 21.4. The molecule has 5 heteroatoms. The molecule has 0 fully saturated rings. The molecule has 0 spiro atoms. The predicted molar refractivity (Wildman–Crippen MR) is 161 cm³/mol.